The van der Waals surface area contributed by atoms with Crippen molar-refractivity contribution >= 4 is 5.91 Å². The van der Waals surface area contributed by atoms with Gasteiger partial charge in [0.25, 0.3) is 0 Å². The van der Waals surface area contributed by atoms with Crippen molar-refractivity contribution in [2.45, 2.75) is 64.9 Å². The van der Waals surface area contributed by atoms with E-state index in [2.05, 4.69) is 19.1 Å². The summed E-state index contributed by atoms with van der Waals surface area (Å²) < 4.78 is 11.7. The van der Waals surface area contributed by atoms with Crippen molar-refractivity contribution in [2.75, 3.05) is 19.7 Å². The first-order chi connectivity index (χ1) is 16.2. The summed E-state index contributed by atoms with van der Waals surface area (Å²) in [5.74, 6) is 0.198. The van der Waals surface area contributed by atoms with Crippen LogP contribution in [0.25, 0.3) is 0 Å². The van der Waals surface area contributed by atoms with Crippen LogP contribution >= 0.6 is 0 Å². The lowest BCUT2D eigenvalue weighted by atomic mass is 9.89. The second-order valence-corrected chi connectivity index (χ2v) is 9.07. The zero-order chi connectivity index (χ0) is 23.3. The average Bonchev–Trinajstić information content (AvgIpc) is 3.17. The molecule has 2 aromatic carbocycles. The Bertz CT molecular complexity index is 799. The van der Waals surface area contributed by atoms with E-state index in [4.69, 9.17) is 15.2 Å². The van der Waals surface area contributed by atoms with Crippen molar-refractivity contribution in [3.05, 3.63) is 71.8 Å². The molecule has 3 rings (SSSR count). The Balaban J connectivity index is 1.40. The fourth-order valence-corrected chi connectivity index (χ4v) is 4.56. The minimum Gasteiger partial charge on any atom is -0.377 e. The molecule has 180 valence electrons. The molecule has 0 radical (unpaired) electrons. The molecule has 1 unspecified atom stereocenters. The molecule has 1 heterocycles. The highest BCUT2D eigenvalue weighted by molar-refractivity contribution is 5.82. The SMILES string of the molecule is CCCC[C@H]1CN(CCCCCOCc2ccccc2)C(=O)[C@@H]1C(N)OCc1ccccc1. The maximum atomic E-state index is 13.2. The molecule has 0 bridgehead atoms. The molecule has 2 aromatic rings. The van der Waals surface area contributed by atoms with Gasteiger partial charge in [-0.05, 0) is 42.7 Å². The summed E-state index contributed by atoms with van der Waals surface area (Å²) in [6.07, 6.45) is 5.77. The quantitative estimate of drug-likeness (QED) is 0.300. The summed E-state index contributed by atoms with van der Waals surface area (Å²) in [5, 5.41) is 0. The van der Waals surface area contributed by atoms with E-state index in [1.165, 1.54) is 5.56 Å². The standard InChI is InChI=1S/C28H40N2O3/c1-2-3-17-25-20-30(18-11-6-12-19-32-21-23-13-7-4-8-14-23)28(31)26(25)27(29)33-22-24-15-9-5-10-16-24/h4-5,7-10,13-16,25-27H,2-3,6,11-12,17-22,29H2,1H3/t25-,26-,27?/m0/s1. The minimum absolute atomic E-state index is 0.164. The molecule has 0 saturated carbocycles. The molecule has 0 aliphatic carbocycles. The summed E-state index contributed by atoms with van der Waals surface area (Å²) in [6, 6.07) is 20.3. The summed E-state index contributed by atoms with van der Waals surface area (Å²) >= 11 is 0. The number of nitrogens with two attached hydrogens (primary N) is 1. The number of carbonyl (C=O) groups excluding carboxylic acids is 1. The third kappa shape index (κ3) is 8.26. The number of nitrogens with zero attached hydrogens (tertiary/aromatic N) is 1. The van der Waals surface area contributed by atoms with Crippen LogP contribution in [-0.4, -0.2) is 36.7 Å². The van der Waals surface area contributed by atoms with Crippen LogP contribution in [0.1, 0.15) is 56.6 Å². The number of hydrogen-bond acceptors (Lipinski definition) is 4. The van der Waals surface area contributed by atoms with E-state index < -0.39 is 6.23 Å². The van der Waals surface area contributed by atoms with Crippen LogP contribution in [0.3, 0.4) is 0 Å². The zero-order valence-corrected chi connectivity index (χ0v) is 20.0. The highest BCUT2D eigenvalue weighted by Gasteiger charge is 2.43. The summed E-state index contributed by atoms with van der Waals surface area (Å²) in [5.41, 5.74) is 8.70. The van der Waals surface area contributed by atoms with E-state index in [0.717, 1.165) is 63.8 Å². The van der Waals surface area contributed by atoms with Gasteiger partial charge in [-0.3, -0.25) is 4.79 Å². The smallest absolute Gasteiger partial charge is 0.230 e. The van der Waals surface area contributed by atoms with Crippen LogP contribution in [0.4, 0.5) is 0 Å². The second-order valence-electron chi connectivity index (χ2n) is 9.07. The molecular weight excluding hydrogens is 412 g/mol. The first-order valence-electron chi connectivity index (χ1n) is 12.5. The van der Waals surface area contributed by atoms with E-state index in [9.17, 15) is 4.79 Å². The van der Waals surface area contributed by atoms with Gasteiger partial charge in [0.05, 0.1) is 19.1 Å². The summed E-state index contributed by atoms with van der Waals surface area (Å²) in [4.78, 5) is 15.2. The molecule has 5 nitrogen and oxygen atoms in total. The molecule has 3 atom stereocenters. The van der Waals surface area contributed by atoms with Crippen molar-refractivity contribution in [1.82, 2.24) is 4.90 Å². The number of carbonyl (C=O) groups is 1. The van der Waals surface area contributed by atoms with Gasteiger partial charge in [0.2, 0.25) is 5.91 Å². The van der Waals surface area contributed by atoms with Gasteiger partial charge in [-0.25, -0.2) is 0 Å². The predicted molar refractivity (Wildman–Crippen MR) is 132 cm³/mol. The van der Waals surface area contributed by atoms with Crippen molar-refractivity contribution in [3.8, 4) is 0 Å². The topological polar surface area (TPSA) is 64.8 Å². The van der Waals surface area contributed by atoms with Gasteiger partial charge >= 0.3 is 0 Å². The van der Waals surface area contributed by atoms with Crippen molar-refractivity contribution in [3.63, 3.8) is 0 Å². The highest BCUT2D eigenvalue weighted by Crippen LogP contribution is 2.32. The molecule has 1 saturated heterocycles. The molecule has 0 aromatic heterocycles. The fraction of sp³-hybridized carbons (Fsp3) is 0.536. The lowest BCUT2D eigenvalue weighted by molar-refractivity contribution is -0.136. The van der Waals surface area contributed by atoms with Gasteiger partial charge in [-0.15, -0.1) is 0 Å². The van der Waals surface area contributed by atoms with E-state index in [1.807, 2.05) is 53.4 Å². The van der Waals surface area contributed by atoms with Crippen molar-refractivity contribution in [1.29, 1.82) is 0 Å². The van der Waals surface area contributed by atoms with Crippen molar-refractivity contribution < 1.29 is 14.3 Å². The third-order valence-electron chi connectivity index (χ3n) is 6.46. The Morgan fingerprint density at radius 1 is 0.939 bits per heavy atom. The summed E-state index contributed by atoms with van der Waals surface area (Å²) in [7, 11) is 0. The molecular formula is C28H40N2O3. The van der Waals surface area contributed by atoms with Crippen LogP contribution in [0.5, 0.6) is 0 Å². The van der Waals surface area contributed by atoms with Gasteiger partial charge < -0.3 is 20.1 Å². The summed E-state index contributed by atoms with van der Waals surface area (Å²) in [6.45, 7) is 5.64. The molecule has 0 spiro atoms. The Hall–Kier alpha value is -2.21. The van der Waals surface area contributed by atoms with Gasteiger partial charge in [-0.1, -0.05) is 80.4 Å². The molecule has 2 N–H and O–H groups in total. The van der Waals surface area contributed by atoms with E-state index in [0.29, 0.717) is 13.2 Å². The lowest BCUT2D eigenvalue weighted by Gasteiger charge is -2.23. The van der Waals surface area contributed by atoms with Crippen LogP contribution in [0, 0.1) is 11.8 Å². The van der Waals surface area contributed by atoms with E-state index in [1.54, 1.807) is 0 Å². The van der Waals surface area contributed by atoms with Crippen molar-refractivity contribution in [2.24, 2.45) is 17.6 Å². The maximum absolute atomic E-state index is 13.2. The number of ether oxygens (including phenoxy) is 2. The van der Waals surface area contributed by atoms with Crippen LogP contribution in [-0.2, 0) is 27.5 Å². The predicted octanol–water partition coefficient (Wildman–Crippen LogP) is 5.14. The fourth-order valence-electron chi connectivity index (χ4n) is 4.56. The van der Waals surface area contributed by atoms with E-state index >= 15 is 0 Å². The first kappa shape index (κ1) is 25.4. The molecule has 5 heteroatoms. The largest absolute Gasteiger partial charge is 0.377 e. The Morgan fingerprint density at radius 3 is 2.27 bits per heavy atom. The molecule has 1 amide bonds. The maximum Gasteiger partial charge on any atom is 0.230 e. The number of likely N-dealkylation sites (tertiary alicyclic amines) is 1. The van der Waals surface area contributed by atoms with E-state index in [-0.39, 0.29) is 17.7 Å². The monoisotopic (exact) mass is 452 g/mol. The third-order valence-corrected chi connectivity index (χ3v) is 6.46. The molecule has 1 aliphatic rings. The van der Waals surface area contributed by atoms with Crippen LogP contribution in [0.15, 0.2) is 60.7 Å². The molecule has 33 heavy (non-hydrogen) atoms. The second kappa shape index (κ2) is 14.1. The normalized spacial score (nSPS) is 19.2. The van der Waals surface area contributed by atoms with Gasteiger partial charge in [0.1, 0.15) is 6.23 Å². The number of amides is 1. The zero-order valence-electron chi connectivity index (χ0n) is 20.0. The van der Waals surface area contributed by atoms with Crippen LogP contribution in [0.2, 0.25) is 0 Å². The number of benzene rings is 2. The van der Waals surface area contributed by atoms with Crippen LogP contribution < -0.4 is 5.73 Å². The Morgan fingerprint density at radius 2 is 1.61 bits per heavy atom. The van der Waals surface area contributed by atoms with Gasteiger partial charge in [0, 0.05) is 19.7 Å². The first-order valence-corrected chi connectivity index (χ1v) is 12.5. The lowest BCUT2D eigenvalue weighted by Crippen LogP contribution is -2.41. The Kier molecular flexibility index (Phi) is 10.9. The number of rotatable bonds is 15. The Labute approximate surface area is 199 Å². The number of unbranched alkanes of at least 4 members (excludes halogenated alkanes) is 3. The minimum atomic E-state index is -0.559. The number of hydrogen-bond donors (Lipinski definition) is 1. The van der Waals surface area contributed by atoms with Gasteiger partial charge in [-0.2, -0.15) is 0 Å². The molecule has 1 fully saturated rings. The molecule has 1 aliphatic heterocycles. The van der Waals surface area contributed by atoms with Gasteiger partial charge in [0.15, 0.2) is 0 Å². The average molecular weight is 453 g/mol. The highest BCUT2D eigenvalue weighted by atomic mass is 16.5.